The fraction of sp³-hybridized carbons (Fsp3) is 0.500. The van der Waals surface area contributed by atoms with Crippen molar-refractivity contribution in [3.8, 4) is 0 Å². The van der Waals surface area contributed by atoms with Crippen LogP contribution in [0.2, 0.25) is 0 Å². The van der Waals surface area contributed by atoms with Crippen LogP contribution in [-0.4, -0.2) is 17.3 Å². The number of alkyl halides is 4. The van der Waals surface area contributed by atoms with Gasteiger partial charge in [-0.2, -0.15) is 13.2 Å². The van der Waals surface area contributed by atoms with Gasteiger partial charge in [0.2, 0.25) is 0 Å². The first kappa shape index (κ1) is 16.3. The van der Waals surface area contributed by atoms with Gasteiger partial charge in [0.1, 0.15) is 5.82 Å². The highest BCUT2D eigenvalue weighted by atomic mass is 79.9. The Morgan fingerprint density at radius 3 is 2.67 bits per heavy atom. The fourth-order valence-corrected chi connectivity index (χ4v) is 3.31. The highest BCUT2D eigenvalue weighted by Crippen LogP contribution is 2.31. The summed E-state index contributed by atoms with van der Waals surface area (Å²) in [7, 11) is 0. The number of hydrogen-bond acceptors (Lipinski definition) is 1. The highest BCUT2D eigenvalue weighted by molar-refractivity contribution is 9.09. The zero-order valence-electron chi connectivity index (χ0n) is 11.0. The van der Waals surface area contributed by atoms with Crippen LogP contribution in [0.15, 0.2) is 18.2 Å². The van der Waals surface area contributed by atoms with Crippen molar-refractivity contribution in [1.82, 2.24) is 5.32 Å². The van der Waals surface area contributed by atoms with Crippen LogP contribution in [0.5, 0.6) is 0 Å². The molecule has 1 saturated carbocycles. The first-order valence-electron chi connectivity index (χ1n) is 6.56. The molecule has 1 fully saturated rings. The molecule has 2 rings (SSSR count). The molecule has 1 amide bonds. The molecule has 7 heteroatoms. The van der Waals surface area contributed by atoms with E-state index in [1.165, 1.54) is 0 Å². The van der Waals surface area contributed by atoms with Gasteiger partial charge >= 0.3 is 6.18 Å². The number of amides is 1. The summed E-state index contributed by atoms with van der Waals surface area (Å²) < 4.78 is 51.5. The monoisotopic (exact) mass is 367 g/mol. The molecule has 0 aromatic heterocycles. The van der Waals surface area contributed by atoms with Crippen LogP contribution in [-0.2, 0) is 6.18 Å². The van der Waals surface area contributed by atoms with E-state index in [2.05, 4.69) is 21.2 Å². The summed E-state index contributed by atoms with van der Waals surface area (Å²) in [6, 6.07) is 1.73. The smallest absolute Gasteiger partial charge is 0.349 e. The van der Waals surface area contributed by atoms with Crippen molar-refractivity contribution in [2.45, 2.75) is 31.5 Å². The lowest BCUT2D eigenvalue weighted by molar-refractivity contribution is -0.137. The molecule has 2 unspecified atom stereocenters. The molecule has 2 nitrogen and oxygen atoms in total. The molecular weight excluding hydrogens is 354 g/mol. The molecule has 0 radical (unpaired) electrons. The molecule has 0 spiro atoms. The zero-order valence-corrected chi connectivity index (χ0v) is 12.6. The van der Waals surface area contributed by atoms with E-state index in [4.69, 9.17) is 0 Å². The predicted molar refractivity (Wildman–Crippen MR) is 73.8 cm³/mol. The summed E-state index contributed by atoms with van der Waals surface area (Å²) in [5.41, 5.74) is -1.59. The van der Waals surface area contributed by atoms with Crippen LogP contribution in [0.4, 0.5) is 17.6 Å². The van der Waals surface area contributed by atoms with E-state index < -0.39 is 29.0 Å². The van der Waals surface area contributed by atoms with Crippen molar-refractivity contribution < 1.29 is 22.4 Å². The normalized spacial score (nSPS) is 22.3. The van der Waals surface area contributed by atoms with Crippen LogP contribution in [0.25, 0.3) is 0 Å². The number of hydrogen-bond donors (Lipinski definition) is 1. The molecule has 2 atom stereocenters. The van der Waals surface area contributed by atoms with Crippen molar-refractivity contribution in [3.63, 3.8) is 0 Å². The Morgan fingerprint density at radius 1 is 1.33 bits per heavy atom. The van der Waals surface area contributed by atoms with Gasteiger partial charge in [-0.05, 0) is 37.0 Å². The van der Waals surface area contributed by atoms with E-state index in [1.54, 1.807) is 0 Å². The quantitative estimate of drug-likeness (QED) is 0.631. The van der Waals surface area contributed by atoms with Gasteiger partial charge in [-0.1, -0.05) is 22.4 Å². The van der Waals surface area contributed by atoms with Crippen molar-refractivity contribution >= 4 is 21.8 Å². The number of halogens is 5. The van der Waals surface area contributed by atoms with Crippen molar-refractivity contribution in [1.29, 1.82) is 0 Å². The molecule has 0 saturated heterocycles. The minimum Gasteiger partial charge on any atom is -0.349 e. The largest absolute Gasteiger partial charge is 0.416 e. The highest BCUT2D eigenvalue weighted by Gasteiger charge is 2.33. The number of carbonyl (C=O) groups excluding carboxylic acids is 1. The van der Waals surface area contributed by atoms with Gasteiger partial charge in [0.15, 0.2) is 0 Å². The van der Waals surface area contributed by atoms with Crippen LogP contribution in [0.1, 0.15) is 35.2 Å². The second kappa shape index (κ2) is 6.34. The third-order valence-electron chi connectivity index (χ3n) is 3.71. The molecule has 116 valence electrons. The Balaban J connectivity index is 2.19. The second-order valence-corrected chi connectivity index (χ2v) is 5.77. The second-order valence-electron chi connectivity index (χ2n) is 5.12. The van der Waals surface area contributed by atoms with Crippen molar-refractivity contribution in [2.24, 2.45) is 5.92 Å². The van der Waals surface area contributed by atoms with Gasteiger partial charge < -0.3 is 5.32 Å². The number of carbonyl (C=O) groups is 1. The van der Waals surface area contributed by atoms with Crippen molar-refractivity contribution in [2.75, 3.05) is 5.33 Å². The van der Waals surface area contributed by atoms with E-state index in [9.17, 15) is 22.4 Å². The van der Waals surface area contributed by atoms with E-state index in [0.717, 1.165) is 19.3 Å². The Bertz CT molecular complexity index is 532. The molecular formula is C14H14BrF4NO. The summed E-state index contributed by atoms with van der Waals surface area (Å²) in [5.74, 6) is -1.52. The summed E-state index contributed by atoms with van der Waals surface area (Å²) >= 11 is 3.34. The Labute approximate surface area is 128 Å². The number of benzene rings is 1. The molecule has 21 heavy (non-hydrogen) atoms. The standard InChI is InChI=1S/C14H14BrF4NO/c15-7-8-2-1-3-12(8)20-13(21)10-6-9(14(17,18)19)4-5-11(10)16/h4-6,8,12H,1-3,7H2,(H,20,21). The zero-order chi connectivity index (χ0) is 15.6. The molecule has 1 aliphatic carbocycles. The molecule has 1 aromatic rings. The third-order valence-corrected chi connectivity index (χ3v) is 4.54. The lowest BCUT2D eigenvalue weighted by atomic mass is 10.0. The maximum Gasteiger partial charge on any atom is 0.416 e. The summed E-state index contributed by atoms with van der Waals surface area (Å²) in [5, 5.41) is 3.34. The summed E-state index contributed by atoms with van der Waals surface area (Å²) in [4.78, 5) is 12.0. The Kier molecular flexibility index (Phi) is 4.91. The van der Waals surface area contributed by atoms with Crippen LogP contribution in [0, 0.1) is 11.7 Å². The van der Waals surface area contributed by atoms with Crippen LogP contribution in [0.3, 0.4) is 0 Å². The first-order chi connectivity index (χ1) is 9.82. The summed E-state index contributed by atoms with van der Waals surface area (Å²) in [6.07, 6.45) is -1.98. The van der Waals surface area contributed by atoms with E-state index >= 15 is 0 Å². The third kappa shape index (κ3) is 3.75. The predicted octanol–water partition coefficient (Wildman–Crippen LogP) is 4.14. The van der Waals surface area contributed by atoms with E-state index in [1.807, 2.05) is 0 Å². The van der Waals surface area contributed by atoms with Gasteiger partial charge in [0.25, 0.3) is 5.91 Å². The molecule has 0 aliphatic heterocycles. The van der Waals surface area contributed by atoms with Gasteiger partial charge in [0, 0.05) is 11.4 Å². The van der Waals surface area contributed by atoms with E-state index in [0.29, 0.717) is 23.5 Å². The lowest BCUT2D eigenvalue weighted by Crippen LogP contribution is -2.38. The molecule has 1 N–H and O–H groups in total. The van der Waals surface area contributed by atoms with Gasteiger partial charge in [0.05, 0.1) is 11.1 Å². The minimum absolute atomic E-state index is 0.134. The van der Waals surface area contributed by atoms with Gasteiger partial charge in [-0.3, -0.25) is 4.79 Å². The van der Waals surface area contributed by atoms with Crippen LogP contribution >= 0.6 is 15.9 Å². The number of nitrogens with one attached hydrogen (secondary N) is 1. The van der Waals surface area contributed by atoms with Gasteiger partial charge in [-0.25, -0.2) is 4.39 Å². The maximum atomic E-state index is 13.6. The van der Waals surface area contributed by atoms with Crippen LogP contribution < -0.4 is 5.32 Å². The average Bonchev–Trinajstić information content (AvgIpc) is 2.84. The Morgan fingerprint density at radius 2 is 2.05 bits per heavy atom. The topological polar surface area (TPSA) is 29.1 Å². The Hall–Kier alpha value is -1.11. The maximum absolute atomic E-state index is 13.6. The summed E-state index contributed by atoms with van der Waals surface area (Å²) in [6.45, 7) is 0. The molecule has 0 heterocycles. The molecule has 0 bridgehead atoms. The number of rotatable bonds is 3. The SMILES string of the molecule is O=C(NC1CCCC1CBr)c1cc(C(F)(F)F)ccc1F. The molecule has 1 aromatic carbocycles. The van der Waals surface area contributed by atoms with Gasteiger partial charge in [-0.15, -0.1) is 0 Å². The van der Waals surface area contributed by atoms with Crippen molar-refractivity contribution in [3.05, 3.63) is 35.1 Å². The van der Waals surface area contributed by atoms with E-state index in [-0.39, 0.29) is 12.0 Å². The lowest BCUT2D eigenvalue weighted by Gasteiger charge is -2.19. The minimum atomic E-state index is -4.60. The first-order valence-corrected chi connectivity index (χ1v) is 7.68. The fourth-order valence-electron chi connectivity index (χ4n) is 2.53. The average molecular weight is 368 g/mol. The molecule has 1 aliphatic rings.